The monoisotopic (exact) mass is 227 g/mol. The predicted octanol–water partition coefficient (Wildman–Crippen LogP) is 0.471. The van der Waals surface area contributed by atoms with Gasteiger partial charge in [-0.2, -0.15) is 5.10 Å². The van der Waals surface area contributed by atoms with Crippen LogP contribution in [0.1, 0.15) is 24.3 Å². The molecule has 0 fully saturated rings. The molecule has 16 heavy (non-hydrogen) atoms. The zero-order chi connectivity index (χ0) is 12.1. The number of anilines is 1. The number of aromatic carboxylic acids is 1. The van der Waals surface area contributed by atoms with Crippen LogP contribution in [-0.2, 0) is 9.53 Å². The van der Waals surface area contributed by atoms with Gasteiger partial charge < -0.3 is 15.2 Å². The van der Waals surface area contributed by atoms with Crippen molar-refractivity contribution in [1.29, 1.82) is 0 Å². The van der Waals surface area contributed by atoms with Crippen LogP contribution >= 0.6 is 0 Å². The van der Waals surface area contributed by atoms with E-state index in [1.165, 1.54) is 6.07 Å². The van der Waals surface area contributed by atoms with E-state index in [1.54, 1.807) is 0 Å². The van der Waals surface area contributed by atoms with E-state index in [4.69, 9.17) is 9.84 Å². The third kappa shape index (κ3) is 3.70. The summed E-state index contributed by atoms with van der Waals surface area (Å²) in [5, 5.41) is 16.9. The average Bonchev–Trinajstić information content (AvgIpc) is 2.63. The fourth-order valence-corrected chi connectivity index (χ4v) is 0.917. The minimum atomic E-state index is -1.13. The zero-order valence-corrected chi connectivity index (χ0v) is 8.98. The molecule has 0 radical (unpaired) electrons. The van der Waals surface area contributed by atoms with Gasteiger partial charge in [-0.15, -0.1) is 0 Å². The molecule has 0 aliphatic carbocycles. The first-order chi connectivity index (χ1) is 7.49. The summed E-state index contributed by atoms with van der Waals surface area (Å²) < 4.78 is 5.06. The van der Waals surface area contributed by atoms with E-state index in [-0.39, 0.29) is 30.1 Å². The molecular weight excluding hydrogens is 214 g/mol. The van der Waals surface area contributed by atoms with Crippen molar-refractivity contribution >= 4 is 17.7 Å². The normalized spacial score (nSPS) is 10.4. The molecule has 1 rings (SSSR count). The Balaban J connectivity index is 2.46. The number of hydrogen-bond donors (Lipinski definition) is 3. The summed E-state index contributed by atoms with van der Waals surface area (Å²) in [4.78, 5) is 21.8. The second-order valence-electron chi connectivity index (χ2n) is 3.38. The maximum atomic E-state index is 11.3. The molecule has 0 unspecified atom stereocenters. The third-order valence-corrected chi connectivity index (χ3v) is 1.62. The Hall–Kier alpha value is -1.89. The summed E-state index contributed by atoms with van der Waals surface area (Å²) in [5.74, 6) is -1.35. The molecule has 0 atom stereocenters. The summed E-state index contributed by atoms with van der Waals surface area (Å²) in [7, 11) is 0. The van der Waals surface area contributed by atoms with Gasteiger partial charge in [-0.05, 0) is 13.8 Å². The van der Waals surface area contributed by atoms with Crippen LogP contribution in [0, 0.1) is 0 Å². The zero-order valence-electron chi connectivity index (χ0n) is 8.98. The van der Waals surface area contributed by atoms with Gasteiger partial charge in [0.05, 0.1) is 6.10 Å². The summed E-state index contributed by atoms with van der Waals surface area (Å²) in [6.45, 7) is 3.53. The summed E-state index contributed by atoms with van der Waals surface area (Å²) in [5.41, 5.74) is -0.0833. The van der Waals surface area contributed by atoms with Crippen LogP contribution < -0.4 is 5.32 Å². The molecule has 1 aromatic rings. The number of carbonyl (C=O) groups excluding carboxylic acids is 1. The summed E-state index contributed by atoms with van der Waals surface area (Å²) in [6, 6.07) is 1.23. The maximum Gasteiger partial charge on any atom is 0.353 e. The van der Waals surface area contributed by atoms with Crippen molar-refractivity contribution in [3.8, 4) is 0 Å². The molecule has 0 saturated heterocycles. The van der Waals surface area contributed by atoms with Gasteiger partial charge in [-0.25, -0.2) is 4.79 Å². The minimum absolute atomic E-state index is 0.0421. The molecule has 0 saturated carbocycles. The van der Waals surface area contributed by atoms with Crippen molar-refractivity contribution in [3.05, 3.63) is 11.8 Å². The topological polar surface area (TPSA) is 104 Å². The number of nitrogens with one attached hydrogen (secondary N) is 2. The molecule has 1 amide bonds. The van der Waals surface area contributed by atoms with E-state index < -0.39 is 5.97 Å². The number of H-pyrrole nitrogens is 1. The van der Waals surface area contributed by atoms with Crippen LogP contribution in [0.2, 0.25) is 0 Å². The van der Waals surface area contributed by atoms with E-state index in [9.17, 15) is 9.59 Å². The van der Waals surface area contributed by atoms with Crippen LogP contribution in [0.3, 0.4) is 0 Å². The number of nitrogens with zero attached hydrogens (tertiary/aromatic N) is 1. The Labute approximate surface area is 91.8 Å². The van der Waals surface area contributed by atoms with Crippen molar-refractivity contribution in [2.75, 3.05) is 11.9 Å². The van der Waals surface area contributed by atoms with Crippen molar-refractivity contribution < 1.29 is 19.4 Å². The Morgan fingerprint density at radius 2 is 2.31 bits per heavy atom. The fourth-order valence-electron chi connectivity index (χ4n) is 0.917. The standard InChI is InChI=1S/C9H13N3O4/c1-5(2)16-4-8(13)10-7-3-6(9(14)15)11-12-7/h3,5H,4H2,1-2H3,(H,14,15)(H2,10,11,12,13). The Morgan fingerprint density at radius 3 is 2.81 bits per heavy atom. The lowest BCUT2D eigenvalue weighted by Gasteiger charge is -2.06. The fraction of sp³-hybridized carbons (Fsp3) is 0.444. The lowest BCUT2D eigenvalue weighted by atomic mass is 10.4. The molecule has 7 heteroatoms. The first kappa shape index (κ1) is 12.2. The highest BCUT2D eigenvalue weighted by Crippen LogP contribution is 2.04. The highest BCUT2D eigenvalue weighted by Gasteiger charge is 2.10. The number of carbonyl (C=O) groups is 2. The van der Waals surface area contributed by atoms with E-state index in [2.05, 4.69) is 15.5 Å². The van der Waals surface area contributed by atoms with Gasteiger partial charge in [0.2, 0.25) is 0 Å². The van der Waals surface area contributed by atoms with Crippen molar-refractivity contribution in [2.45, 2.75) is 20.0 Å². The van der Waals surface area contributed by atoms with E-state index in [0.29, 0.717) is 0 Å². The first-order valence-electron chi connectivity index (χ1n) is 4.69. The Kier molecular flexibility index (Phi) is 4.01. The molecule has 7 nitrogen and oxygen atoms in total. The highest BCUT2D eigenvalue weighted by atomic mass is 16.5. The highest BCUT2D eigenvalue weighted by molar-refractivity contribution is 5.92. The molecule has 0 aliphatic rings. The lowest BCUT2D eigenvalue weighted by molar-refractivity contribution is -0.121. The van der Waals surface area contributed by atoms with Crippen molar-refractivity contribution in [1.82, 2.24) is 10.2 Å². The Morgan fingerprint density at radius 1 is 1.62 bits per heavy atom. The van der Waals surface area contributed by atoms with Crippen LogP contribution in [0.25, 0.3) is 0 Å². The quantitative estimate of drug-likeness (QED) is 0.678. The van der Waals surface area contributed by atoms with Gasteiger partial charge in [0.1, 0.15) is 12.3 Å². The van der Waals surface area contributed by atoms with Gasteiger partial charge in [-0.3, -0.25) is 9.89 Å². The van der Waals surface area contributed by atoms with E-state index >= 15 is 0 Å². The van der Waals surface area contributed by atoms with Crippen LogP contribution in [0.5, 0.6) is 0 Å². The average molecular weight is 227 g/mol. The molecule has 1 heterocycles. The third-order valence-electron chi connectivity index (χ3n) is 1.62. The molecule has 0 spiro atoms. The van der Waals surface area contributed by atoms with Gasteiger partial charge >= 0.3 is 5.97 Å². The first-order valence-corrected chi connectivity index (χ1v) is 4.69. The van der Waals surface area contributed by atoms with E-state index in [1.807, 2.05) is 13.8 Å². The van der Waals surface area contributed by atoms with Gasteiger partial charge in [0.25, 0.3) is 5.91 Å². The number of hydrogen-bond acceptors (Lipinski definition) is 4. The smallest absolute Gasteiger partial charge is 0.353 e. The van der Waals surface area contributed by atoms with Gasteiger partial charge in [0.15, 0.2) is 5.82 Å². The minimum Gasteiger partial charge on any atom is -0.477 e. The number of aromatic nitrogens is 2. The largest absolute Gasteiger partial charge is 0.477 e. The van der Waals surface area contributed by atoms with Gasteiger partial charge in [-0.1, -0.05) is 0 Å². The van der Waals surface area contributed by atoms with E-state index in [0.717, 1.165) is 0 Å². The van der Waals surface area contributed by atoms with Crippen LogP contribution in [0.4, 0.5) is 5.82 Å². The number of ether oxygens (including phenoxy) is 1. The van der Waals surface area contributed by atoms with Gasteiger partial charge in [0, 0.05) is 6.07 Å². The SMILES string of the molecule is CC(C)OCC(=O)Nc1cc(C(=O)O)[nH]n1. The molecule has 0 bridgehead atoms. The Bertz CT molecular complexity index is 386. The molecular formula is C9H13N3O4. The molecule has 0 aromatic carbocycles. The number of carboxylic acid groups (broad SMARTS) is 1. The molecule has 88 valence electrons. The second-order valence-corrected chi connectivity index (χ2v) is 3.38. The summed E-state index contributed by atoms with van der Waals surface area (Å²) >= 11 is 0. The molecule has 0 aliphatic heterocycles. The number of aromatic amines is 1. The lowest BCUT2D eigenvalue weighted by Crippen LogP contribution is -2.20. The van der Waals surface area contributed by atoms with Crippen molar-refractivity contribution in [2.24, 2.45) is 0 Å². The number of carboxylic acids is 1. The number of amides is 1. The summed E-state index contributed by atoms with van der Waals surface area (Å²) in [6.07, 6.45) is -0.0421. The maximum absolute atomic E-state index is 11.3. The molecule has 3 N–H and O–H groups in total. The van der Waals surface area contributed by atoms with Crippen molar-refractivity contribution in [3.63, 3.8) is 0 Å². The second kappa shape index (κ2) is 5.26. The number of rotatable bonds is 5. The van der Waals surface area contributed by atoms with Crippen LogP contribution in [-0.4, -0.2) is 39.9 Å². The predicted molar refractivity (Wildman–Crippen MR) is 55.3 cm³/mol. The van der Waals surface area contributed by atoms with Crippen LogP contribution in [0.15, 0.2) is 6.07 Å². The molecule has 1 aromatic heterocycles.